The highest BCUT2D eigenvalue weighted by Crippen LogP contribution is 2.32. The standard InChI is InChI=1S/C27H26ClFN8O3/c1-3-36-16(2)19-12-14-35(13-4-5-20-22(37-15-30-33-34-37)11-10-21(28)23(20)29)25(24(19)32-36)26(38)31-18-8-6-17(7-9-18)27(39)40/h4-11,15,25H,3,12-14H2,1-2H3,(H,31,38)(H,39,40). The van der Waals surface area contributed by atoms with Crippen LogP contribution in [0.4, 0.5) is 10.1 Å². The number of carboxylic acids is 1. The lowest BCUT2D eigenvalue weighted by Crippen LogP contribution is -2.42. The van der Waals surface area contributed by atoms with E-state index in [1.807, 2.05) is 23.4 Å². The summed E-state index contributed by atoms with van der Waals surface area (Å²) in [6, 6.07) is 8.31. The van der Waals surface area contributed by atoms with Crippen LogP contribution in [0.2, 0.25) is 5.02 Å². The Hall–Kier alpha value is -4.42. The molecule has 3 heterocycles. The van der Waals surface area contributed by atoms with Crippen molar-refractivity contribution in [3.63, 3.8) is 0 Å². The molecule has 0 spiro atoms. The number of halogens is 2. The number of carboxylic acid groups (broad SMARTS) is 1. The number of aromatic nitrogens is 6. The van der Waals surface area contributed by atoms with Gasteiger partial charge in [-0.3, -0.25) is 14.4 Å². The Morgan fingerprint density at radius 3 is 2.67 bits per heavy atom. The maximum atomic E-state index is 15.0. The SMILES string of the molecule is CCn1nc2c(c1C)CCN(CC=Cc1c(-n3cnnn3)ccc(Cl)c1F)C2C(=O)Nc1ccc(C(=O)O)cc1. The molecule has 2 aromatic heterocycles. The lowest BCUT2D eigenvalue weighted by molar-refractivity contribution is -0.121. The molecule has 1 aliphatic heterocycles. The molecule has 2 aromatic carbocycles. The van der Waals surface area contributed by atoms with Crippen molar-refractivity contribution in [3.8, 4) is 5.69 Å². The predicted octanol–water partition coefficient (Wildman–Crippen LogP) is 3.93. The van der Waals surface area contributed by atoms with Gasteiger partial charge in [0, 0.05) is 36.6 Å². The summed E-state index contributed by atoms with van der Waals surface area (Å²) in [5, 5.41) is 27.9. The van der Waals surface area contributed by atoms with Gasteiger partial charge in [0.2, 0.25) is 5.91 Å². The molecule has 5 rings (SSSR count). The zero-order valence-corrected chi connectivity index (χ0v) is 22.5. The van der Waals surface area contributed by atoms with E-state index in [-0.39, 0.29) is 22.1 Å². The van der Waals surface area contributed by atoms with Crippen LogP contribution >= 0.6 is 11.6 Å². The van der Waals surface area contributed by atoms with Crippen LogP contribution in [0.15, 0.2) is 48.8 Å². The second kappa shape index (κ2) is 11.4. The van der Waals surface area contributed by atoms with E-state index in [1.54, 1.807) is 30.4 Å². The van der Waals surface area contributed by atoms with Crippen molar-refractivity contribution < 1.29 is 19.1 Å². The number of hydrogen-bond donors (Lipinski definition) is 2. The highest BCUT2D eigenvalue weighted by Gasteiger charge is 2.36. The minimum atomic E-state index is -1.05. The number of benzene rings is 2. The van der Waals surface area contributed by atoms with Crippen LogP contribution in [0, 0.1) is 12.7 Å². The molecule has 1 aliphatic rings. The number of carbonyl (C=O) groups excluding carboxylic acids is 1. The third kappa shape index (κ3) is 5.23. The van der Waals surface area contributed by atoms with Gasteiger partial charge in [0.1, 0.15) is 12.4 Å². The Bertz CT molecular complexity index is 1580. The zero-order valence-electron chi connectivity index (χ0n) is 21.8. The molecular formula is C27H26ClFN8O3. The molecule has 4 aromatic rings. The zero-order chi connectivity index (χ0) is 28.4. The molecule has 1 unspecified atom stereocenters. The second-order valence-electron chi connectivity index (χ2n) is 9.24. The van der Waals surface area contributed by atoms with Crippen molar-refractivity contribution in [2.24, 2.45) is 0 Å². The molecule has 0 bridgehead atoms. The first-order chi connectivity index (χ1) is 19.3. The third-order valence-corrected chi connectivity index (χ3v) is 7.20. The minimum absolute atomic E-state index is 0.0363. The van der Waals surface area contributed by atoms with Gasteiger partial charge in [-0.2, -0.15) is 9.78 Å². The van der Waals surface area contributed by atoms with Crippen LogP contribution in [0.3, 0.4) is 0 Å². The Morgan fingerprint density at radius 2 is 2.00 bits per heavy atom. The number of fused-ring (bicyclic) bond motifs is 1. The molecule has 2 N–H and O–H groups in total. The van der Waals surface area contributed by atoms with Crippen LogP contribution in [-0.4, -0.2) is 65.0 Å². The summed E-state index contributed by atoms with van der Waals surface area (Å²) < 4.78 is 18.3. The van der Waals surface area contributed by atoms with E-state index in [2.05, 4.69) is 20.8 Å². The molecule has 0 saturated heterocycles. The second-order valence-corrected chi connectivity index (χ2v) is 9.64. The summed E-state index contributed by atoms with van der Waals surface area (Å²) >= 11 is 6.05. The van der Waals surface area contributed by atoms with Crippen LogP contribution < -0.4 is 5.32 Å². The third-order valence-electron chi connectivity index (χ3n) is 6.91. The van der Waals surface area contributed by atoms with Gasteiger partial charge in [-0.05, 0) is 72.7 Å². The summed E-state index contributed by atoms with van der Waals surface area (Å²) in [6.07, 6.45) is 5.43. The number of anilines is 1. The van der Waals surface area contributed by atoms with Gasteiger partial charge in [-0.25, -0.2) is 9.18 Å². The largest absolute Gasteiger partial charge is 0.478 e. The number of hydrogen-bond acceptors (Lipinski definition) is 7. The van der Waals surface area contributed by atoms with Gasteiger partial charge >= 0.3 is 5.97 Å². The van der Waals surface area contributed by atoms with E-state index in [4.69, 9.17) is 16.7 Å². The van der Waals surface area contributed by atoms with Crippen molar-refractivity contribution in [2.75, 3.05) is 18.4 Å². The molecule has 0 fully saturated rings. The Labute approximate surface area is 233 Å². The van der Waals surface area contributed by atoms with Crippen molar-refractivity contribution in [1.29, 1.82) is 0 Å². The average Bonchev–Trinajstić information content (AvgIpc) is 3.59. The first-order valence-corrected chi connectivity index (χ1v) is 13.0. The van der Waals surface area contributed by atoms with E-state index in [0.29, 0.717) is 43.1 Å². The molecule has 40 heavy (non-hydrogen) atoms. The number of tetrazole rings is 1. The van der Waals surface area contributed by atoms with Crippen molar-refractivity contribution in [2.45, 2.75) is 32.9 Å². The lowest BCUT2D eigenvalue weighted by Gasteiger charge is -2.33. The van der Waals surface area contributed by atoms with Crippen LogP contribution in [0.25, 0.3) is 11.8 Å². The molecule has 206 valence electrons. The maximum Gasteiger partial charge on any atom is 0.335 e. The number of aromatic carboxylic acids is 1. The fourth-order valence-corrected chi connectivity index (χ4v) is 5.05. The minimum Gasteiger partial charge on any atom is -0.478 e. The van der Waals surface area contributed by atoms with Gasteiger partial charge in [0.25, 0.3) is 0 Å². The fraction of sp³-hybridized carbons (Fsp3) is 0.259. The van der Waals surface area contributed by atoms with Crippen molar-refractivity contribution >= 4 is 35.2 Å². The smallest absolute Gasteiger partial charge is 0.335 e. The summed E-state index contributed by atoms with van der Waals surface area (Å²) in [5.41, 5.74) is 3.94. The summed E-state index contributed by atoms with van der Waals surface area (Å²) in [4.78, 5) is 26.8. The Morgan fingerprint density at radius 1 is 1.23 bits per heavy atom. The average molecular weight is 565 g/mol. The number of amides is 1. The fourth-order valence-electron chi connectivity index (χ4n) is 4.89. The highest BCUT2D eigenvalue weighted by molar-refractivity contribution is 6.31. The monoisotopic (exact) mass is 564 g/mol. The summed E-state index contributed by atoms with van der Waals surface area (Å²) in [5.74, 6) is -1.96. The molecule has 0 aliphatic carbocycles. The molecule has 0 radical (unpaired) electrons. The van der Waals surface area contributed by atoms with Gasteiger partial charge in [-0.15, -0.1) is 5.10 Å². The number of nitrogens with one attached hydrogen (secondary N) is 1. The Kier molecular flexibility index (Phi) is 7.71. The molecule has 11 nitrogen and oxygen atoms in total. The van der Waals surface area contributed by atoms with Gasteiger partial charge in [0.15, 0.2) is 5.82 Å². The summed E-state index contributed by atoms with van der Waals surface area (Å²) in [6.45, 7) is 5.54. The van der Waals surface area contributed by atoms with E-state index in [9.17, 15) is 14.7 Å². The van der Waals surface area contributed by atoms with Crippen molar-refractivity contribution in [3.05, 3.63) is 87.7 Å². The van der Waals surface area contributed by atoms with Gasteiger partial charge in [-0.1, -0.05) is 23.8 Å². The molecule has 13 heteroatoms. The van der Waals surface area contributed by atoms with E-state index >= 15 is 4.39 Å². The molecule has 1 amide bonds. The molecule has 0 saturated carbocycles. The number of aryl methyl sites for hydroxylation is 1. The Balaban J connectivity index is 1.44. The number of rotatable bonds is 8. The summed E-state index contributed by atoms with van der Waals surface area (Å²) in [7, 11) is 0. The highest BCUT2D eigenvalue weighted by atomic mass is 35.5. The van der Waals surface area contributed by atoms with E-state index in [0.717, 1.165) is 11.3 Å². The first-order valence-electron chi connectivity index (χ1n) is 12.6. The first kappa shape index (κ1) is 27.2. The normalized spacial score (nSPS) is 15.3. The maximum absolute atomic E-state index is 15.0. The number of nitrogens with zero attached hydrogens (tertiary/aromatic N) is 7. The van der Waals surface area contributed by atoms with Gasteiger partial charge in [0.05, 0.1) is 22.0 Å². The molecular weight excluding hydrogens is 539 g/mol. The van der Waals surface area contributed by atoms with Crippen molar-refractivity contribution in [1.82, 2.24) is 34.9 Å². The van der Waals surface area contributed by atoms with Crippen LogP contribution in [-0.2, 0) is 17.8 Å². The number of carbonyl (C=O) groups is 2. The quantitative estimate of drug-likeness (QED) is 0.329. The lowest BCUT2D eigenvalue weighted by atomic mass is 9.97. The van der Waals surface area contributed by atoms with E-state index < -0.39 is 17.8 Å². The van der Waals surface area contributed by atoms with E-state index in [1.165, 1.54) is 29.2 Å². The van der Waals surface area contributed by atoms with Gasteiger partial charge < -0.3 is 10.4 Å². The predicted molar refractivity (Wildman–Crippen MR) is 146 cm³/mol. The van der Waals surface area contributed by atoms with Crippen LogP contribution in [0.1, 0.15) is 45.8 Å². The van der Waals surface area contributed by atoms with Crippen LogP contribution in [0.5, 0.6) is 0 Å². The molecule has 1 atom stereocenters. The topological polar surface area (TPSA) is 131 Å².